The molecule has 3 rings (SSSR count). The summed E-state index contributed by atoms with van der Waals surface area (Å²) in [5, 5.41) is 7.69. The van der Waals surface area contributed by atoms with Crippen molar-refractivity contribution in [3.05, 3.63) is 59.2 Å². The standard InChI is InChI=1S/C20H25N3O5S2/c21-29(25,26)18-8-5-15(6-9-18)11-12-22-20(24)14-23-30(27,28)19-10-7-16-3-1-2-4-17(16)13-19/h5-10,13,23H,1-4,11-12,14H2,(H,22,24)(H2,21,25,26). The minimum Gasteiger partial charge on any atom is -0.355 e. The fourth-order valence-electron chi connectivity index (χ4n) is 3.38. The van der Waals surface area contributed by atoms with E-state index in [2.05, 4.69) is 10.0 Å². The van der Waals surface area contributed by atoms with Crippen LogP contribution in [0.25, 0.3) is 0 Å². The molecule has 0 radical (unpaired) electrons. The van der Waals surface area contributed by atoms with Gasteiger partial charge in [-0.1, -0.05) is 18.2 Å². The minimum absolute atomic E-state index is 0.0202. The Morgan fingerprint density at radius 1 is 0.900 bits per heavy atom. The van der Waals surface area contributed by atoms with Gasteiger partial charge < -0.3 is 5.32 Å². The highest BCUT2D eigenvalue weighted by Gasteiger charge is 2.18. The van der Waals surface area contributed by atoms with E-state index in [1.54, 1.807) is 24.3 Å². The van der Waals surface area contributed by atoms with Gasteiger partial charge in [0.15, 0.2) is 0 Å². The predicted molar refractivity (Wildman–Crippen MR) is 113 cm³/mol. The number of sulfonamides is 2. The molecule has 0 saturated heterocycles. The number of amides is 1. The molecule has 0 heterocycles. The van der Waals surface area contributed by atoms with Crippen LogP contribution in [0.1, 0.15) is 29.5 Å². The lowest BCUT2D eigenvalue weighted by Crippen LogP contribution is -2.37. The Hall–Kier alpha value is -2.27. The number of hydrogen-bond donors (Lipinski definition) is 3. The van der Waals surface area contributed by atoms with Crippen molar-refractivity contribution in [2.75, 3.05) is 13.1 Å². The third kappa shape index (κ3) is 5.88. The van der Waals surface area contributed by atoms with Gasteiger partial charge >= 0.3 is 0 Å². The van der Waals surface area contributed by atoms with Crippen molar-refractivity contribution in [2.45, 2.75) is 41.9 Å². The molecule has 0 saturated carbocycles. The summed E-state index contributed by atoms with van der Waals surface area (Å²) < 4.78 is 49.8. The maximum Gasteiger partial charge on any atom is 0.241 e. The normalized spacial score (nSPS) is 14.2. The molecule has 0 unspecified atom stereocenters. The van der Waals surface area contributed by atoms with Crippen LogP contribution in [-0.4, -0.2) is 35.8 Å². The highest BCUT2D eigenvalue weighted by Crippen LogP contribution is 2.23. The zero-order valence-electron chi connectivity index (χ0n) is 16.4. The van der Waals surface area contributed by atoms with E-state index >= 15 is 0 Å². The summed E-state index contributed by atoms with van der Waals surface area (Å²) in [7, 11) is -7.50. The van der Waals surface area contributed by atoms with Crippen LogP contribution in [0.4, 0.5) is 0 Å². The first kappa shape index (κ1) is 22.4. The lowest BCUT2D eigenvalue weighted by Gasteiger charge is -2.16. The molecule has 1 aliphatic carbocycles. The first-order valence-corrected chi connectivity index (χ1v) is 12.7. The van der Waals surface area contributed by atoms with Crippen molar-refractivity contribution in [3.8, 4) is 0 Å². The number of carbonyl (C=O) groups excluding carboxylic acids is 1. The molecule has 1 amide bonds. The molecule has 30 heavy (non-hydrogen) atoms. The third-order valence-corrected chi connectivity index (χ3v) is 7.37. The number of rotatable bonds is 8. The van der Waals surface area contributed by atoms with Gasteiger partial charge in [-0.3, -0.25) is 4.79 Å². The largest absolute Gasteiger partial charge is 0.355 e. The smallest absolute Gasteiger partial charge is 0.241 e. The van der Waals surface area contributed by atoms with E-state index in [1.807, 2.05) is 6.07 Å². The van der Waals surface area contributed by atoms with E-state index in [0.29, 0.717) is 6.42 Å². The summed E-state index contributed by atoms with van der Waals surface area (Å²) in [6, 6.07) is 11.2. The van der Waals surface area contributed by atoms with Gasteiger partial charge in [0.2, 0.25) is 26.0 Å². The Labute approximate surface area is 177 Å². The molecule has 10 heteroatoms. The maximum absolute atomic E-state index is 12.5. The second-order valence-electron chi connectivity index (χ2n) is 7.25. The van der Waals surface area contributed by atoms with Gasteiger partial charge in [-0.05, 0) is 73.1 Å². The van der Waals surface area contributed by atoms with Gasteiger partial charge in [0.05, 0.1) is 16.3 Å². The van der Waals surface area contributed by atoms with Gasteiger partial charge in [-0.2, -0.15) is 0 Å². The lowest BCUT2D eigenvalue weighted by molar-refractivity contribution is -0.119. The fraction of sp³-hybridized carbons (Fsp3) is 0.350. The minimum atomic E-state index is -3.76. The first-order chi connectivity index (χ1) is 14.1. The third-order valence-electron chi connectivity index (χ3n) is 5.04. The van der Waals surface area contributed by atoms with Crippen molar-refractivity contribution < 1.29 is 21.6 Å². The van der Waals surface area contributed by atoms with Crippen molar-refractivity contribution in [2.24, 2.45) is 5.14 Å². The topological polar surface area (TPSA) is 135 Å². The number of nitrogens with one attached hydrogen (secondary N) is 2. The monoisotopic (exact) mass is 451 g/mol. The summed E-state index contributed by atoms with van der Waals surface area (Å²) >= 11 is 0. The number of benzene rings is 2. The van der Waals surface area contributed by atoms with E-state index in [9.17, 15) is 21.6 Å². The van der Waals surface area contributed by atoms with Crippen molar-refractivity contribution in [1.29, 1.82) is 0 Å². The molecular formula is C20H25N3O5S2. The number of aryl methyl sites for hydroxylation is 2. The lowest BCUT2D eigenvalue weighted by atomic mass is 9.92. The molecule has 162 valence electrons. The average Bonchev–Trinajstić information content (AvgIpc) is 2.72. The molecule has 0 bridgehead atoms. The second kappa shape index (κ2) is 9.25. The maximum atomic E-state index is 12.5. The molecule has 4 N–H and O–H groups in total. The predicted octanol–water partition coefficient (Wildman–Crippen LogP) is 0.850. The number of carbonyl (C=O) groups is 1. The van der Waals surface area contributed by atoms with Gasteiger partial charge in [-0.25, -0.2) is 26.7 Å². The van der Waals surface area contributed by atoms with Crippen molar-refractivity contribution >= 4 is 26.0 Å². The highest BCUT2D eigenvalue weighted by molar-refractivity contribution is 7.89. The quantitative estimate of drug-likeness (QED) is 0.547. The van der Waals surface area contributed by atoms with Crippen molar-refractivity contribution in [3.63, 3.8) is 0 Å². The Morgan fingerprint density at radius 2 is 1.53 bits per heavy atom. The summed E-state index contributed by atoms with van der Waals surface area (Å²) in [6.07, 6.45) is 4.48. The van der Waals surface area contributed by atoms with Crippen LogP contribution in [0.5, 0.6) is 0 Å². The Bertz CT molecular complexity index is 1130. The van der Waals surface area contributed by atoms with E-state index < -0.39 is 26.0 Å². The second-order valence-corrected chi connectivity index (χ2v) is 10.6. The Kier molecular flexibility index (Phi) is 6.91. The van der Waals surface area contributed by atoms with E-state index in [-0.39, 0.29) is 22.9 Å². The van der Waals surface area contributed by atoms with Crippen LogP contribution in [0.2, 0.25) is 0 Å². The van der Waals surface area contributed by atoms with Gasteiger partial charge in [-0.15, -0.1) is 0 Å². The SMILES string of the molecule is NS(=O)(=O)c1ccc(CCNC(=O)CNS(=O)(=O)c2ccc3c(c2)CCCC3)cc1. The first-order valence-electron chi connectivity index (χ1n) is 9.65. The average molecular weight is 452 g/mol. The number of nitrogens with two attached hydrogens (primary N) is 1. The summed E-state index contributed by atoms with van der Waals surface area (Å²) in [4.78, 5) is 12.2. The fourth-order valence-corrected chi connectivity index (χ4v) is 4.92. The van der Waals surface area contributed by atoms with E-state index in [0.717, 1.165) is 36.8 Å². The molecule has 0 atom stereocenters. The van der Waals surface area contributed by atoms with Gasteiger partial charge in [0.25, 0.3) is 0 Å². The van der Waals surface area contributed by atoms with Gasteiger partial charge in [0.1, 0.15) is 0 Å². The molecule has 1 aliphatic rings. The highest BCUT2D eigenvalue weighted by atomic mass is 32.2. The van der Waals surface area contributed by atoms with E-state index in [1.165, 1.54) is 17.7 Å². The zero-order valence-corrected chi connectivity index (χ0v) is 18.1. The van der Waals surface area contributed by atoms with Crippen LogP contribution in [0, 0.1) is 0 Å². The van der Waals surface area contributed by atoms with Crippen LogP contribution in [0.3, 0.4) is 0 Å². The Balaban J connectivity index is 1.48. The van der Waals surface area contributed by atoms with Crippen LogP contribution >= 0.6 is 0 Å². The molecule has 0 aromatic heterocycles. The summed E-state index contributed by atoms with van der Waals surface area (Å²) in [5.74, 6) is -0.447. The summed E-state index contributed by atoms with van der Waals surface area (Å²) in [6.45, 7) is -0.0715. The van der Waals surface area contributed by atoms with Gasteiger partial charge in [0, 0.05) is 6.54 Å². The molecule has 0 spiro atoms. The zero-order chi connectivity index (χ0) is 21.8. The molecule has 0 aliphatic heterocycles. The number of hydrogen-bond acceptors (Lipinski definition) is 5. The molecule has 2 aromatic carbocycles. The van der Waals surface area contributed by atoms with Crippen LogP contribution < -0.4 is 15.2 Å². The van der Waals surface area contributed by atoms with E-state index in [4.69, 9.17) is 5.14 Å². The number of fused-ring (bicyclic) bond motifs is 1. The molecule has 2 aromatic rings. The molecule has 8 nitrogen and oxygen atoms in total. The van der Waals surface area contributed by atoms with Crippen LogP contribution in [0.15, 0.2) is 52.3 Å². The van der Waals surface area contributed by atoms with Crippen LogP contribution in [-0.2, 0) is 44.1 Å². The number of primary sulfonamides is 1. The molecular weight excluding hydrogens is 426 g/mol. The Morgan fingerprint density at radius 3 is 2.20 bits per heavy atom. The van der Waals surface area contributed by atoms with Crippen molar-refractivity contribution in [1.82, 2.24) is 10.0 Å². The summed E-state index contributed by atoms with van der Waals surface area (Å²) in [5.41, 5.74) is 3.06. The molecule has 0 fully saturated rings.